The van der Waals surface area contributed by atoms with Crippen molar-refractivity contribution in [3.63, 3.8) is 0 Å². The van der Waals surface area contributed by atoms with Crippen LogP contribution in [0.25, 0.3) is 0 Å². The van der Waals surface area contributed by atoms with Gasteiger partial charge in [0.05, 0.1) is 25.4 Å². The van der Waals surface area contributed by atoms with Crippen molar-refractivity contribution in [1.82, 2.24) is 0 Å². The zero-order chi connectivity index (χ0) is 14.4. The van der Waals surface area contributed by atoms with E-state index in [1.807, 2.05) is 25.1 Å². The number of aliphatic hydroxyl groups is 1. The Kier molecular flexibility index (Phi) is 6.29. The number of nitrogens with one attached hydrogen (secondary N) is 1. The Hall–Kier alpha value is -0.620. The monoisotopic (exact) mass is 343 g/mol. The number of ether oxygens (including phenoxy) is 2. The van der Waals surface area contributed by atoms with Crippen molar-refractivity contribution in [1.29, 1.82) is 0 Å². The number of hydrogen-bond acceptors (Lipinski definition) is 4. The third-order valence-electron chi connectivity index (χ3n) is 3.29. The van der Waals surface area contributed by atoms with Gasteiger partial charge in [-0.2, -0.15) is 0 Å². The van der Waals surface area contributed by atoms with Crippen molar-refractivity contribution in [2.24, 2.45) is 0 Å². The van der Waals surface area contributed by atoms with Crippen LogP contribution >= 0.6 is 15.9 Å². The molecule has 1 heterocycles. The third kappa shape index (κ3) is 5.05. The predicted octanol–water partition coefficient (Wildman–Crippen LogP) is 2.73. The Balaban J connectivity index is 1.65. The second-order valence-corrected chi connectivity index (χ2v) is 6.04. The fourth-order valence-corrected chi connectivity index (χ4v) is 2.79. The number of aryl methyl sites for hydroxylation is 1. The molecule has 5 heteroatoms. The first kappa shape index (κ1) is 15.8. The first-order valence-electron chi connectivity index (χ1n) is 7.02. The Bertz CT molecular complexity index is 422. The van der Waals surface area contributed by atoms with Crippen molar-refractivity contribution in [2.45, 2.75) is 32.0 Å². The second-order valence-electron chi connectivity index (χ2n) is 5.19. The van der Waals surface area contributed by atoms with Crippen molar-refractivity contribution in [3.8, 4) is 0 Å². The molecule has 0 aromatic heterocycles. The SMILES string of the molecule is Cc1ccc(NCC(O)COCC2CCCO2)c(Br)c1. The Morgan fingerprint density at radius 2 is 2.40 bits per heavy atom. The minimum atomic E-state index is -0.524. The highest BCUT2D eigenvalue weighted by molar-refractivity contribution is 9.10. The van der Waals surface area contributed by atoms with E-state index in [0.29, 0.717) is 19.8 Å². The molecule has 1 aromatic carbocycles. The lowest BCUT2D eigenvalue weighted by molar-refractivity contribution is -0.0137. The summed E-state index contributed by atoms with van der Waals surface area (Å²) in [5, 5.41) is 13.1. The molecule has 2 unspecified atom stereocenters. The number of anilines is 1. The Morgan fingerprint density at radius 3 is 3.10 bits per heavy atom. The summed E-state index contributed by atoms with van der Waals surface area (Å²) in [5.41, 5.74) is 2.18. The normalized spacial score (nSPS) is 20.1. The standard InChI is InChI=1S/C15H22BrNO3/c1-11-4-5-15(14(16)7-11)17-8-12(18)9-19-10-13-3-2-6-20-13/h4-5,7,12-13,17-18H,2-3,6,8-10H2,1H3. The maximum Gasteiger partial charge on any atom is 0.0945 e. The van der Waals surface area contributed by atoms with E-state index in [9.17, 15) is 5.11 Å². The molecule has 1 aromatic rings. The van der Waals surface area contributed by atoms with Crippen LogP contribution in [0.3, 0.4) is 0 Å². The zero-order valence-corrected chi connectivity index (χ0v) is 13.4. The number of benzene rings is 1. The quantitative estimate of drug-likeness (QED) is 0.799. The topological polar surface area (TPSA) is 50.7 Å². The highest BCUT2D eigenvalue weighted by Crippen LogP contribution is 2.23. The first-order chi connectivity index (χ1) is 9.65. The first-order valence-corrected chi connectivity index (χ1v) is 7.82. The molecule has 0 saturated carbocycles. The highest BCUT2D eigenvalue weighted by Gasteiger charge is 2.16. The van der Waals surface area contributed by atoms with E-state index in [2.05, 4.69) is 21.2 Å². The Labute approximate surface area is 128 Å². The molecule has 0 aliphatic carbocycles. The van der Waals surface area contributed by atoms with E-state index in [-0.39, 0.29) is 6.10 Å². The van der Waals surface area contributed by atoms with E-state index >= 15 is 0 Å². The van der Waals surface area contributed by atoms with E-state index in [4.69, 9.17) is 9.47 Å². The average molecular weight is 344 g/mol. The summed E-state index contributed by atoms with van der Waals surface area (Å²) in [7, 11) is 0. The summed E-state index contributed by atoms with van der Waals surface area (Å²) in [6, 6.07) is 6.08. The average Bonchev–Trinajstić information content (AvgIpc) is 2.91. The predicted molar refractivity (Wildman–Crippen MR) is 83.2 cm³/mol. The van der Waals surface area contributed by atoms with Crippen molar-refractivity contribution in [2.75, 3.05) is 31.7 Å². The van der Waals surface area contributed by atoms with Gasteiger partial charge in [-0.3, -0.25) is 0 Å². The number of halogens is 1. The molecule has 1 aliphatic heterocycles. The van der Waals surface area contributed by atoms with E-state index in [1.54, 1.807) is 0 Å². The Morgan fingerprint density at radius 1 is 1.55 bits per heavy atom. The van der Waals surface area contributed by atoms with Gasteiger partial charge >= 0.3 is 0 Å². The van der Waals surface area contributed by atoms with Gasteiger partial charge in [-0.1, -0.05) is 6.07 Å². The molecule has 0 amide bonds. The molecule has 1 fully saturated rings. The van der Waals surface area contributed by atoms with Crippen LogP contribution < -0.4 is 5.32 Å². The minimum Gasteiger partial charge on any atom is -0.389 e. The molecular formula is C15H22BrNO3. The molecule has 2 rings (SSSR count). The summed E-state index contributed by atoms with van der Waals surface area (Å²) < 4.78 is 12.0. The molecule has 0 bridgehead atoms. The summed E-state index contributed by atoms with van der Waals surface area (Å²) in [6.07, 6.45) is 1.86. The molecule has 112 valence electrons. The van der Waals surface area contributed by atoms with Gasteiger partial charge in [-0.25, -0.2) is 0 Å². The zero-order valence-electron chi connectivity index (χ0n) is 11.8. The van der Waals surface area contributed by atoms with Crippen LogP contribution in [0.1, 0.15) is 18.4 Å². The molecule has 2 atom stereocenters. The van der Waals surface area contributed by atoms with Crippen LogP contribution in [-0.4, -0.2) is 43.7 Å². The van der Waals surface area contributed by atoms with Crippen LogP contribution in [-0.2, 0) is 9.47 Å². The molecular weight excluding hydrogens is 322 g/mol. The van der Waals surface area contributed by atoms with Gasteiger partial charge in [0.15, 0.2) is 0 Å². The third-order valence-corrected chi connectivity index (χ3v) is 3.95. The largest absolute Gasteiger partial charge is 0.389 e. The molecule has 2 N–H and O–H groups in total. The van der Waals surface area contributed by atoms with E-state index < -0.39 is 6.10 Å². The fraction of sp³-hybridized carbons (Fsp3) is 0.600. The van der Waals surface area contributed by atoms with Crippen molar-refractivity contribution >= 4 is 21.6 Å². The van der Waals surface area contributed by atoms with Crippen LogP contribution in [0.5, 0.6) is 0 Å². The van der Waals surface area contributed by atoms with Gasteiger partial charge in [0, 0.05) is 23.3 Å². The fourth-order valence-electron chi connectivity index (χ4n) is 2.16. The second kappa shape index (κ2) is 7.98. The molecule has 0 radical (unpaired) electrons. The molecule has 0 spiro atoms. The van der Waals surface area contributed by atoms with Gasteiger partial charge in [0.1, 0.15) is 0 Å². The summed E-state index contributed by atoms with van der Waals surface area (Å²) in [4.78, 5) is 0. The maximum absolute atomic E-state index is 9.89. The van der Waals surface area contributed by atoms with Gasteiger partial charge in [-0.05, 0) is 53.4 Å². The van der Waals surface area contributed by atoms with E-state index in [0.717, 1.165) is 29.6 Å². The lowest BCUT2D eigenvalue weighted by Gasteiger charge is -2.16. The van der Waals surface area contributed by atoms with Crippen LogP contribution in [0, 0.1) is 6.92 Å². The lowest BCUT2D eigenvalue weighted by atomic mass is 10.2. The minimum absolute atomic E-state index is 0.210. The number of aliphatic hydroxyl groups excluding tert-OH is 1. The van der Waals surface area contributed by atoms with E-state index in [1.165, 1.54) is 5.56 Å². The summed E-state index contributed by atoms with van der Waals surface area (Å²) in [6.45, 7) is 4.25. The van der Waals surface area contributed by atoms with Crippen LogP contribution in [0.15, 0.2) is 22.7 Å². The molecule has 1 aliphatic rings. The lowest BCUT2D eigenvalue weighted by Crippen LogP contribution is -2.27. The van der Waals surface area contributed by atoms with Gasteiger partial charge in [0.2, 0.25) is 0 Å². The molecule has 4 nitrogen and oxygen atoms in total. The summed E-state index contributed by atoms with van der Waals surface area (Å²) >= 11 is 3.50. The summed E-state index contributed by atoms with van der Waals surface area (Å²) in [5.74, 6) is 0. The number of hydrogen-bond donors (Lipinski definition) is 2. The van der Waals surface area contributed by atoms with Gasteiger partial charge < -0.3 is 19.9 Å². The van der Waals surface area contributed by atoms with Gasteiger partial charge in [-0.15, -0.1) is 0 Å². The van der Waals surface area contributed by atoms with Crippen molar-refractivity contribution < 1.29 is 14.6 Å². The molecule has 20 heavy (non-hydrogen) atoms. The van der Waals surface area contributed by atoms with Gasteiger partial charge in [0.25, 0.3) is 0 Å². The number of rotatable bonds is 7. The van der Waals surface area contributed by atoms with Crippen LogP contribution in [0.4, 0.5) is 5.69 Å². The molecule has 1 saturated heterocycles. The highest BCUT2D eigenvalue weighted by atomic mass is 79.9. The smallest absolute Gasteiger partial charge is 0.0945 e. The van der Waals surface area contributed by atoms with Crippen molar-refractivity contribution in [3.05, 3.63) is 28.2 Å². The maximum atomic E-state index is 9.89. The van der Waals surface area contributed by atoms with Crippen LogP contribution in [0.2, 0.25) is 0 Å².